The third kappa shape index (κ3) is 5.85. The summed E-state index contributed by atoms with van der Waals surface area (Å²) < 4.78 is 19.3. The van der Waals surface area contributed by atoms with Crippen molar-refractivity contribution in [2.45, 2.75) is 19.3 Å². The Hall–Kier alpha value is -5.45. The molecule has 10 nitrogen and oxygen atoms in total. The molecule has 0 radical (unpaired) electrons. The van der Waals surface area contributed by atoms with E-state index >= 15 is 0 Å². The zero-order valence-corrected chi connectivity index (χ0v) is 22.4. The molecule has 2 atom stereocenters. The number of nitro groups is 2. The number of halogens is 1. The molecule has 212 valence electrons. The second-order valence-electron chi connectivity index (χ2n) is 9.69. The molecule has 0 fully saturated rings. The second-order valence-corrected chi connectivity index (χ2v) is 9.69. The molecule has 0 amide bonds. The highest BCUT2D eigenvalue weighted by Crippen LogP contribution is 2.41. The molecule has 0 heterocycles. The summed E-state index contributed by atoms with van der Waals surface area (Å²) in [7, 11) is 0. The Kier molecular flexibility index (Phi) is 8.00. The van der Waals surface area contributed by atoms with E-state index in [-0.39, 0.29) is 18.0 Å². The molecule has 1 aliphatic carbocycles. The van der Waals surface area contributed by atoms with E-state index in [1.165, 1.54) is 18.2 Å². The van der Waals surface area contributed by atoms with Crippen LogP contribution in [0.5, 0.6) is 0 Å². The Bertz CT molecular complexity index is 1750. The molecule has 11 heteroatoms. The fraction of sp³-hybridized carbons (Fsp3) is 0.161. The monoisotopic (exact) mass is 568 g/mol. The summed E-state index contributed by atoms with van der Waals surface area (Å²) in [5.74, 6) is -2.40. The van der Waals surface area contributed by atoms with Crippen LogP contribution in [0.15, 0.2) is 96.1 Å². The lowest BCUT2D eigenvalue weighted by molar-refractivity contribution is -0.393. The summed E-state index contributed by atoms with van der Waals surface area (Å²) in [4.78, 5) is 34.7. The molecule has 4 aromatic rings. The third-order valence-corrected chi connectivity index (χ3v) is 7.14. The normalized spacial score (nSPS) is 17.5. The number of hydrazone groups is 1. The van der Waals surface area contributed by atoms with E-state index < -0.39 is 44.8 Å². The number of fused-ring (bicyclic) bond motifs is 1. The fourth-order valence-corrected chi connectivity index (χ4v) is 5.12. The van der Waals surface area contributed by atoms with Crippen LogP contribution in [0.2, 0.25) is 0 Å². The van der Waals surface area contributed by atoms with Gasteiger partial charge in [0.25, 0.3) is 5.69 Å². The molecule has 0 aliphatic heterocycles. The molecule has 42 heavy (non-hydrogen) atoms. The highest BCUT2D eigenvalue weighted by atomic mass is 19.1. The van der Waals surface area contributed by atoms with Crippen LogP contribution >= 0.6 is 0 Å². The lowest BCUT2D eigenvalue weighted by Crippen LogP contribution is -2.34. The summed E-state index contributed by atoms with van der Waals surface area (Å²) in [6.07, 6.45) is 2.15. The van der Waals surface area contributed by atoms with Gasteiger partial charge in [-0.05, 0) is 71.2 Å². The van der Waals surface area contributed by atoms with Gasteiger partial charge in [0, 0.05) is 12.0 Å². The number of esters is 1. The summed E-state index contributed by atoms with van der Waals surface area (Å²) in [5, 5.41) is 29.4. The maximum absolute atomic E-state index is 13.9. The number of nitrogens with one attached hydrogen (secondary N) is 1. The molecular formula is C31H25FN4O6. The predicted molar refractivity (Wildman–Crippen MR) is 157 cm³/mol. The van der Waals surface area contributed by atoms with Crippen molar-refractivity contribution in [3.8, 4) is 0 Å². The molecule has 0 spiro atoms. The quantitative estimate of drug-likeness (QED) is 0.137. The summed E-state index contributed by atoms with van der Waals surface area (Å²) >= 11 is 0. The van der Waals surface area contributed by atoms with Gasteiger partial charge in [-0.1, -0.05) is 48.5 Å². The SMILES string of the molecule is CCOC(=O)C1/C(=N/Nc2ccc([N+](=O)[O-])cc2[N+](=O)[O-])C=C(c2ccc3ccccc3c2)CC1c1ccc(F)cc1. The Morgan fingerprint density at radius 1 is 0.976 bits per heavy atom. The standard InChI is InChI=1S/C31H25FN4O6/c1-2-42-31(37)30-26(20-9-11-24(32)12-10-20)16-23(22-8-7-19-5-3-4-6-21(19)15-22)17-28(30)34-33-27-14-13-25(35(38)39)18-29(27)36(40)41/h3-15,17-18,26,30,33H,2,16H2,1H3/b34-28+. The summed E-state index contributed by atoms with van der Waals surface area (Å²) in [6.45, 7) is 1.79. The van der Waals surface area contributed by atoms with Gasteiger partial charge in [0.15, 0.2) is 0 Å². The first-order chi connectivity index (χ1) is 20.2. The molecule has 0 aromatic heterocycles. The maximum Gasteiger partial charge on any atom is 0.315 e. The van der Waals surface area contributed by atoms with E-state index in [1.807, 2.05) is 42.5 Å². The van der Waals surface area contributed by atoms with Crippen LogP contribution < -0.4 is 5.43 Å². The highest BCUT2D eigenvalue weighted by molar-refractivity contribution is 6.14. The van der Waals surface area contributed by atoms with Gasteiger partial charge in [-0.25, -0.2) is 4.39 Å². The number of non-ortho nitro benzene ring substituents is 1. The molecule has 4 aromatic carbocycles. The average molecular weight is 569 g/mol. The number of carbonyl (C=O) groups excluding carboxylic acids is 1. The minimum atomic E-state index is -0.927. The first-order valence-corrected chi connectivity index (χ1v) is 13.1. The van der Waals surface area contributed by atoms with Crippen molar-refractivity contribution in [2.75, 3.05) is 12.0 Å². The molecule has 1 aliphatic rings. The van der Waals surface area contributed by atoms with Crippen molar-refractivity contribution < 1.29 is 23.8 Å². The zero-order chi connectivity index (χ0) is 29.8. The predicted octanol–water partition coefficient (Wildman–Crippen LogP) is 7.01. The number of allylic oxidation sites excluding steroid dienone is 2. The molecule has 0 saturated carbocycles. The van der Waals surface area contributed by atoms with Crippen molar-refractivity contribution in [1.29, 1.82) is 0 Å². The Morgan fingerprint density at radius 3 is 2.40 bits per heavy atom. The van der Waals surface area contributed by atoms with Crippen molar-refractivity contribution in [3.05, 3.63) is 128 Å². The summed E-state index contributed by atoms with van der Waals surface area (Å²) in [6, 6.07) is 22.9. The van der Waals surface area contributed by atoms with Gasteiger partial charge < -0.3 is 4.74 Å². The van der Waals surface area contributed by atoms with Gasteiger partial charge in [-0.3, -0.25) is 30.4 Å². The van der Waals surface area contributed by atoms with Crippen molar-refractivity contribution in [2.24, 2.45) is 11.0 Å². The number of nitro benzene ring substituents is 2. The van der Waals surface area contributed by atoms with Crippen LogP contribution in [-0.2, 0) is 9.53 Å². The lowest BCUT2D eigenvalue weighted by atomic mass is 9.73. The van der Waals surface area contributed by atoms with Gasteiger partial charge in [-0.15, -0.1) is 0 Å². The zero-order valence-electron chi connectivity index (χ0n) is 22.4. The van der Waals surface area contributed by atoms with Gasteiger partial charge in [0.05, 0.1) is 28.2 Å². The number of nitrogens with zero attached hydrogens (tertiary/aromatic N) is 3. The second kappa shape index (κ2) is 12.0. The van der Waals surface area contributed by atoms with E-state index in [4.69, 9.17) is 4.74 Å². The van der Waals surface area contributed by atoms with Crippen molar-refractivity contribution in [3.63, 3.8) is 0 Å². The van der Waals surface area contributed by atoms with Gasteiger partial charge in [0.1, 0.15) is 17.4 Å². The number of benzene rings is 4. The topological polar surface area (TPSA) is 137 Å². The van der Waals surface area contributed by atoms with Gasteiger partial charge in [0.2, 0.25) is 0 Å². The minimum Gasteiger partial charge on any atom is -0.465 e. The van der Waals surface area contributed by atoms with E-state index in [2.05, 4.69) is 10.5 Å². The van der Waals surface area contributed by atoms with Crippen LogP contribution in [-0.4, -0.2) is 28.1 Å². The number of anilines is 1. The molecule has 1 N–H and O–H groups in total. The maximum atomic E-state index is 13.9. The fourth-order valence-electron chi connectivity index (χ4n) is 5.12. The largest absolute Gasteiger partial charge is 0.465 e. The van der Waals surface area contributed by atoms with Crippen LogP contribution in [0, 0.1) is 32.0 Å². The van der Waals surface area contributed by atoms with Crippen molar-refractivity contribution in [1.82, 2.24) is 0 Å². The third-order valence-electron chi connectivity index (χ3n) is 7.14. The molecular weight excluding hydrogens is 543 g/mol. The highest BCUT2D eigenvalue weighted by Gasteiger charge is 2.39. The minimum absolute atomic E-state index is 0.0923. The number of rotatable bonds is 8. The van der Waals surface area contributed by atoms with E-state index in [9.17, 15) is 29.4 Å². The Labute approximate surface area is 239 Å². The number of hydrogen-bond donors (Lipinski definition) is 1. The lowest BCUT2D eigenvalue weighted by Gasteiger charge is -2.31. The van der Waals surface area contributed by atoms with Crippen LogP contribution in [0.1, 0.15) is 30.4 Å². The van der Waals surface area contributed by atoms with Crippen LogP contribution in [0.25, 0.3) is 16.3 Å². The van der Waals surface area contributed by atoms with Gasteiger partial charge >= 0.3 is 11.7 Å². The molecule has 5 rings (SSSR count). The first kappa shape index (κ1) is 28.1. The van der Waals surface area contributed by atoms with Crippen molar-refractivity contribution >= 4 is 45.1 Å². The molecule has 2 unspecified atom stereocenters. The number of ether oxygens (including phenoxy) is 1. The molecule has 0 saturated heterocycles. The number of carbonyl (C=O) groups is 1. The first-order valence-electron chi connectivity index (χ1n) is 13.1. The average Bonchev–Trinajstić information content (AvgIpc) is 2.99. The van der Waals surface area contributed by atoms with Gasteiger partial charge in [-0.2, -0.15) is 5.10 Å². The van der Waals surface area contributed by atoms with E-state index in [1.54, 1.807) is 25.1 Å². The van der Waals surface area contributed by atoms with Crippen LogP contribution in [0.3, 0.4) is 0 Å². The molecule has 0 bridgehead atoms. The Balaban J connectivity index is 1.65. The number of hydrogen-bond acceptors (Lipinski definition) is 8. The van der Waals surface area contributed by atoms with E-state index in [0.29, 0.717) is 12.0 Å². The summed E-state index contributed by atoms with van der Waals surface area (Å²) in [5.41, 5.74) is 4.22. The Morgan fingerprint density at radius 2 is 1.71 bits per heavy atom. The van der Waals surface area contributed by atoms with Crippen LogP contribution in [0.4, 0.5) is 21.5 Å². The smallest absolute Gasteiger partial charge is 0.315 e. The van der Waals surface area contributed by atoms with E-state index in [0.717, 1.165) is 34.0 Å².